The third-order valence-corrected chi connectivity index (χ3v) is 3.13. The van der Waals surface area contributed by atoms with E-state index in [0.717, 1.165) is 18.5 Å². The Kier molecular flexibility index (Phi) is 3.25. The van der Waals surface area contributed by atoms with Crippen LogP contribution in [0.3, 0.4) is 0 Å². The molecule has 3 heteroatoms. The average Bonchev–Trinajstić information content (AvgIpc) is 2.32. The Labute approximate surface area is 96.2 Å². The number of amides is 1. The van der Waals surface area contributed by atoms with Gasteiger partial charge in [0, 0.05) is 24.7 Å². The van der Waals surface area contributed by atoms with E-state index in [1.54, 1.807) is 0 Å². The summed E-state index contributed by atoms with van der Waals surface area (Å²) in [5.41, 5.74) is 8.23. The lowest BCUT2D eigenvalue weighted by Crippen LogP contribution is -2.43. The lowest BCUT2D eigenvalue weighted by atomic mass is 10.0. The Morgan fingerprint density at radius 3 is 2.88 bits per heavy atom. The molecule has 0 radical (unpaired) electrons. The normalized spacial score (nSPS) is 17.1. The highest BCUT2D eigenvalue weighted by Gasteiger charge is 2.24. The standard InChI is InChI=1S/C13H18N2O/c1-2-11(14)9-15-12-6-4-3-5-10(12)7-8-13(15)16/h3-6,11H,2,7-9,14H2,1H3. The van der Waals surface area contributed by atoms with Gasteiger partial charge in [0.2, 0.25) is 5.91 Å². The number of hydrogen-bond donors (Lipinski definition) is 1. The van der Waals surface area contributed by atoms with Crippen molar-refractivity contribution in [3.63, 3.8) is 0 Å². The second kappa shape index (κ2) is 4.66. The summed E-state index contributed by atoms with van der Waals surface area (Å²) in [4.78, 5) is 13.7. The molecule has 0 spiro atoms. The molecule has 1 aromatic carbocycles. The Morgan fingerprint density at radius 1 is 1.38 bits per heavy atom. The maximum atomic E-state index is 11.9. The molecule has 0 aliphatic carbocycles. The van der Waals surface area contributed by atoms with Crippen LogP contribution in [0.1, 0.15) is 25.3 Å². The quantitative estimate of drug-likeness (QED) is 0.839. The SMILES string of the molecule is CCC(N)CN1C(=O)CCc2ccccc21. The van der Waals surface area contributed by atoms with Crippen molar-refractivity contribution in [2.45, 2.75) is 32.2 Å². The van der Waals surface area contributed by atoms with Gasteiger partial charge >= 0.3 is 0 Å². The number of fused-ring (bicyclic) bond motifs is 1. The molecule has 0 bridgehead atoms. The molecule has 16 heavy (non-hydrogen) atoms. The maximum absolute atomic E-state index is 11.9. The van der Waals surface area contributed by atoms with Gasteiger partial charge in [-0.25, -0.2) is 0 Å². The summed E-state index contributed by atoms with van der Waals surface area (Å²) in [5, 5.41) is 0. The van der Waals surface area contributed by atoms with Crippen LogP contribution in [0.25, 0.3) is 0 Å². The lowest BCUT2D eigenvalue weighted by Gasteiger charge is -2.31. The molecule has 0 fully saturated rings. The van der Waals surface area contributed by atoms with E-state index in [-0.39, 0.29) is 11.9 Å². The van der Waals surface area contributed by atoms with Gasteiger partial charge in [-0.15, -0.1) is 0 Å². The van der Waals surface area contributed by atoms with Gasteiger partial charge in [0.25, 0.3) is 0 Å². The van der Waals surface area contributed by atoms with Crippen molar-refractivity contribution in [1.29, 1.82) is 0 Å². The lowest BCUT2D eigenvalue weighted by molar-refractivity contribution is -0.119. The molecule has 1 atom stereocenters. The largest absolute Gasteiger partial charge is 0.326 e. The molecule has 1 heterocycles. The predicted octanol–water partition coefficient (Wildman–Crippen LogP) is 1.70. The van der Waals surface area contributed by atoms with Gasteiger partial charge in [-0.05, 0) is 24.5 Å². The third-order valence-electron chi connectivity index (χ3n) is 3.13. The van der Waals surface area contributed by atoms with Gasteiger partial charge in [-0.2, -0.15) is 0 Å². The molecule has 0 saturated heterocycles. The average molecular weight is 218 g/mol. The fourth-order valence-corrected chi connectivity index (χ4v) is 2.06. The van der Waals surface area contributed by atoms with Crippen LogP contribution in [0.5, 0.6) is 0 Å². The number of aryl methyl sites for hydroxylation is 1. The highest BCUT2D eigenvalue weighted by atomic mass is 16.2. The topological polar surface area (TPSA) is 46.3 Å². The van der Waals surface area contributed by atoms with Crippen LogP contribution >= 0.6 is 0 Å². The van der Waals surface area contributed by atoms with Crippen molar-refractivity contribution in [3.8, 4) is 0 Å². The Bertz CT molecular complexity index is 389. The van der Waals surface area contributed by atoms with E-state index >= 15 is 0 Å². The second-order valence-electron chi connectivity index (χ2n) is 4.30. The molecule has 1 unspecified atom stereocenters. The highest BCUT2D eigenvalue weighted by molar-refractivity contribution is 5.96. The molecule has 0 aromatic heterocycles. The summed E-state index contributed by atoms with van der Waals surface area (Å²) in [5.74, 6) is 0.197. The summed E-state index contributed by atoms with van der Waals surface area (Å²) in [7, 11) is 0. The van der Waals surface area contributed by atoms with Gasteiger partial charge in [0.15, 0.2) is 0 Å². The Morgan fingerprint density at radius 2 is 2.12 bits per heavy atom. The number of nitrogens with two attached hydrogens (primary N) is 1. The van der Waals surface area contributed by atoms with Crippen molar-refractivity contribution in [3.05, 3.63) is 29.8 Å². The summed E-state index contributed by atoms with van der Waals surface area (Å²) >= 11 is 0. The van der Waals surface area contributed by atoms with Crippen LogP contribution < -0.4 is 10.6 Å². The fraction of sp³-hybridized carbons (Fsp3) is 0.462. The zero-order valence-electron chi connectivity index (χ0n) is 9.65. The first-order valence-corrected chi connectivity index (χ1v) is 5.86. The van der Waals surface area contributed by atoms with E-state index in [0.29, 0.717) is 13.0 Å². The molecule has 1 aliphatic heterocycles. The molecular weight excluding hydrogens is 200 g/mol. The van der Waals surface area contributed by atoms with Gasteiger partial charge in [0.05, 0.1) is 0 Å². The molecule has 0 saturated carbocycles. The number of carbonyl (C=O) groups is 1. The van der Waals surface area contributed by atoms with Crippen LogP contribution in [-0.4, -0.2) is 18.5 Å². The molecular formula is C13H18N2O. The molecule has 86 valence electrons. The number of hydrogen-bond acceptors (Lipinski definition) is 2. The van der Waals surface area contributed by atoms with Crippen molar-refractivity contribution < 1.29 is 4.79 Å². The van der Waals surface area contributed by atoms with Gasteiger partial charge in [-0.1, -0.05) is 25.1 Å². The molecule has 1 aromatic rings. The van der Waals surface area contributed by atoms with E-state index in [9.17, 15) is 4.79 Å². The Balaban J connectivity index is 2.26. The number of nitrogens with zero attached hydrogens (tertiary/aromatic N) is 1. The number of anilines is 1. The van der Waals surface area contributed by atoms with Crippen molar-refractivity contribution >= 4 is 11.6 Å². The van der Waals surface area contributed by atoms with Crippen LogP contribution in [0, 0.1) is 0 Å². The number of carbonyl (C=O) groups excluding carboxylic acids is 1. The zero-order valence-corrected chi connectivity index (χ0v) is 9.65. The molecule has 2 N–H and O–H groups in total. The van der Waals surface area contributed by atoms with E-state index in [4.69, 9.17) is 5.73 Å². The number of benzene rings is 1. The van der Waals surface area contributed by atoms with E-state index in [1.165, 1.54) is 5.56 Å². The first-order chi connectivity index (χ1) is 7.72. The molecule has 2 rings (SSSR count). The fourth-order valence-electron chi connectivity index (χ4n) is 2.06. The number of para-hydroxylation sites is 1. The minimum atomic E-state index is 0.0649. The third kappa shape index (κ3) is 2.09. The summed E-state index contributed by atoms with van der Waals surface area (Å²) in [6, 6.07) is 8.16. The van der Waals surface area contributed by atoms with Crippen LogP contribution in [0.2, 0.25) is 0 Å². The van der Waals surface area contributed by atoms with Crippen LogP contribution in [-0.2, 0) is 11.2 Å². The first-order valence-electron chi connectivity index (χ1n) is 5.86. The van der Waals surface area contributed by atoms with Crippen LogP contribution in [0.15, 0.2) is 24.3 Å². The predicted molar refractivity (Wildman–Crippen MR) is 65.4 cm³/mol. The first kappa shape index (κ1) is 11.1. The Hall–Kier alpha value is -1.35. The molecule has 1 amide bonds. The monoisotopic (exact) mass is 218 g/mol. The van der Waals surface area contributed by atoms with Crippen molar-refractivity contribution in [1.82, 2.24) is 0 Å². The minimum Gasteiger partial charge on any atom is -0.326 e. The van der Waals surface area contributed by atoms with Gasteiger partial charge in [-0.3, -0.25) is 4.79 Å². The molecule has 1 aliphatic rings. The van der Waals surface area contributed by atoms with Gasteiger partial charge in [0.1, 0.15) is 0 Å². The summed E-state index contributed by atoms with van der Waals surface area (Å²) in [6.45, 7) is 2.68. The smallest absolute Gasteiger partial charge is 0.227 e. The maximum Gasteiger partial charge on any atom is 0.227 e. The van der Waals surface area contributed by atoms with E-state index < -0.39 is 0 Å². The highest BCUT2D eigenvalue weighted by Crippen LogP contribution is 2.27. The zero-order chi connectivity index (χ0) is 11.5. The van der Waals surface area contributed by atoms with Crippen molar-refractivity contribution in [2.24, 2.45) is 5.73 Å². The van der Waals surface area contributed by atoms with Gasteiger partial charge < -0.3 is 10.6 Å². The number of rotatable bonds is 3. The van der Waals surface area contributed by atoms with Crippen LogP contribution in [0.4, 0.5) is 5.69 Å². The summed E-state index contributed by atoms with van der Waals surface area (Å²) in [6.07, 6.45) is 2.35. The van der Waals surface area contributed by atoms with E-state index in [1.807, 2.05) is 30.0 Å². The minimum absolute atomic E-state index is 0.0649. The molecule has 3 nitrogen and oxygen atoms in total. The second-order valence-corrected chi connectivity index (χ2v) is 4.30. The summed E-state index contributed by atoms with van der Waals surface area (Å²) < 4.78 is 0. The van der Waals surface area contributed by atoms with E-state index in [2.05, 4.69) is 6.07 Å². The van der Waals surface area contributed by atoms with Crippen molar-refractivity contribution in [2.75, 3.05) is 11.4 Å².